The van der Waals surface area contributed by atoms with Crippen molar-refractivity contribution in [2.75, 3.05) is 31.1 Å². The van der Waals surface area contributed by atoms with Crippen LogP contribution in [0.1, 0.15) is 32.6 Å². The first-order chi connectivity index (χ1) is 12.7. The van der Waals surface area contributed by atoms with Crippen LogP contribution in [0.5, 0.6) is 0 Å². The van der Waals surface area contributed by atoms with Crippen LogP contribution < -0.4 is 15.5 Å². The molecule has 3 saturated heterocycles. The lowest BCUT2D eigenvalue weighted by atomic mass is 9.96. The number of nitrogens with one attached hydrogen (secondary N) is 2. The molecule has 0 spiro atoms. The number of guanidine groups is 1. The van der Waals surface area contributed by atoms with Crippen LogP contribution in [0.2, 0.25) is 0 Å². The van der Waals surface area contributed by atoms with Crippen LogP contribution in [0.4, 0.5) is 5.69 Å². The molecule has 4 atom stereocenters. The third-order valence-electron chi connectivity index (χ3n) is 5.74. The summed E-state index contributed by atoms with van der Waals surface area (Å²) in [5, 5.41) is 7.02. The van der Waals surface area contributed by atoms with Crippen LogP contribution in [0.3, 0.4) is 0 Å². The molecule has 0 aliphatic carbocycles. The molecule has 0 amide bonds. The Hall–Kier alpha value is -1.27. The van der Waals surface area contributed by atoms with Crippen LogP contribution in [0, 0.1) is 5.92 Å². The Morgan fingerprint density at radius 2 is 2.27 bits per heavy atom. The molecule has 2 bridgehead atoms. The highest BCUT2D eigenvalue weighted by molar-refractivity contribution is 9.10. The van der Waals surface area contributed by atoms with E-state index in [1.165, 1.54) is 24.9 Å². The number of fused-ring (bicyclic) bond motifs is 2. The van der Waals surface area contributed by atoms with Gasteiger partial charge in [0.15, 0.2) is 5.96 Å². The lowest BCUT2D eigenvalue weighted by molar-refractivity contribution is 0.0992. The molecule has 3 fully saturated rings. The molecule has 142 valence electrons. The fraction of sp³-hybridized carbons (Fsp3) is 0.650. The second kappa shape index (κ2) is 8.17. The largest absolute Gasteiger partial charge is 0.373 e. The molecule has 1 aromatic rings. The number of anilines is 1. The van der Waals surface area contributed by atoms with Gasteiger partial charge in [-0.3, -0.25) is 4.99 Å². The third-order valence-corrected chi connectivity index (χ3v) is 6.23. The molecular weight excluding hydrogens is 392 g/mol. The Morgan fingerprint density at radius 1 is 1.35 bits per heavy atom. The Bertz CT molecular complexity index is 652. The van der Waals surface area contributed by atoms with Crippen LogP contribution in [-0.2, 0) is 4.74 Å². The minimum Gasteiger partial charge on any atom is -0.373 e. The molecule has 0 aromatic heterocycles. The summed E-state index contributed by atoms with van der Waals surface area (Å²) in [6, 6.07) is 9.00. The summed E-state index contributed by atoms with van der Waals surface area (Å²) in [5.41, 5.74) is 1.30. The maximum Gasteiger partial charge on any atom is 0.191 e. The van der Waals surface area contributed by atoms with Gasteiger partial charge in [-0.05, 0) is 56.7 Å². The number of rotatable bonds is 5. The fourth-order valence-electron chi connectivity index (χ4n) is 4.39. The van der Waals surface area contributed by atoms with Gasteiger partial charge >= 0.3 is 0 Å². The quantitative estimate of drug-likeness (QED) is 0.567. The van der Waals surface area contributed by atoms with E-state index in [1.54, 1.807) is 0 Å². The van der Waals surface area contributed by atoms with E-state index in [4.69, 9.17) is 9.73 Å². The van der Waals surface area contributed by atoms with Crippen LogP contribution in [-0.4, -0.2) is 50.4 Å². The maximum atomic E-state index is 5.96. The van der Waals surface area contributed by atoms with Gasteiger partial charge in [0.25, 0.3) is 0 Å². The molecule has 0 radical (unpaired) electrons. The highest BCUT2D eigenvalue weighted by Crippen LogP contribution is 2.34. The minimum atomic E-state index is 0.377. The summed E-state index contributed by atoms with van der Waals surface area (Å²) in [6.07, 6.45) is 5.58. The summed E-state index contributed by atoms with van der Waals surface area (Å²) in [5.74, 6) is 1.57. The summed E-state index contributed by atoms with van der Waals surface area (Å²) in [6.45, 7) is 6.08. The fourth-order valence-corrected chi connectivity index (χ4v) is 4.78. The molecule has 4 rings (SSSR count). The lowest BCUT2D eigenvalue weighted by Crippen LogP contribution is -2.47. The van der Waals surface area contributed by atoms with Crippen LogP contribution in [0.15, 0.2) is 33.7 Å². The Balaban J connectivity index is 1.32. The number of ether oxygens (including phenoxy) is 1. The van der Waals surface area contributed by atoms with Crippen LogP contribution >= 0.6 is 15.9 Å². The van der Waals surface area contributed by atoms with Crippen molar-refractivity contribution in [2.24, 2.45) is 10.9 Å². The first kappa shape index (κ1) is 18.1. The van der Waals surface area contributed by atoms with Crippen molar-refractivity contribution in [1.82, 2.24) is 10.6 Å². The number of benzene rings is 1. The van der Waals surface area contributed by atoms with Crippen molar-refractivity contribution < 1.29 is 4.74 Å². The standard InChI is InChI=1S/C20H29BrN4O/c1-2-22-20(24-18-11-17-6-7-19(18)26-17)23-12-14-8-9-25(13-14)16-5-3-4-15(21)10-16/h3-5,10,14,17-19H,2,6-9,11-13H2,1H3,(H2,22,23,24). The predicted octanol–water partition coefficient (Wildman–Crippen LogP) is 3.15. The second-order valence-electron chi connectivity index (χ2n) is 7.66. The normalized spacial score (nSPS) is 30.8. The molecule has 26 heavy (non-hydrogen) atoms. The molecule has 3 heterocycles. The lowest BCUT2D eigenvalue weighted by Gasteiger charge is -2.23. The summed E-state index contributed by atoms with van der Waals surface area (Å²) < 4.78 is 7.10. The van der Waals surface area contributed by atoms with Gasteiger partial charge in [0.05, 0.1) is 18.2 Å². The van der Waals surface area contributed by atoms with Gasteiger partial charge < -0.3 is 20.3 Å². The highest BCUT2D eigenvalue weighted by atomic mass is 79.9. The molecule has 3 aliphatic heterocycles. The van der Waals surface area contributed by atoms with E-state index in [1.807, 2.05) is 0 Å². The average Bonchev–Trinajstić information content (AvgIpc) is 3.37. The molecule has 5 nitrogen and oxygen atoms in total. The Labute approximate surface area is 164 Å². The van der Waals surface area contributed by atoms with E-state index < -0.39 is 0 Å². The van der Waals surface area contributed by atoms with Gasteiger partial charge in [0.2, 0.25) is 0 Å². The van der Waals surface area contributed by atoms with Crippen molar-refractivity contribution >= 4 is 27.6 Å². The Morgan fingerprint density at radius 3 is 3.00 bits per heavy atom. The van der Waals surface area contributed by atoms with Crippen molar-refractivity contribution in [1.29, 1.82) is 0 Å². The van der Waals surface area contributed by atoms with Gasteiger partial charge in [-0.2, -0.15) is 0 Å². The molecule has 1 aromatic carbocycles. The molecule has 2 N–H and O–H groups in total. The van der Waals surface area contributed by atoms with Gasteiger partial charge in [-0.1, -0.05) is 22.0 Å². The highest BCUT2D eigenvalue weighted by Gasteiger charge is 2.41. The number of aliphatic imine (C=N–C) groups is 1. The Kier molecular flexibility index (Phi) is 5.69. The monoisotopic (exact) mass is 420 g/mol. The summed E-state index contributed by atoms with van der Waals surface area (Å²) in [7, 11) is 0. The molecule has 0 saturated carbocycles. The van der Waals surface area contributed by atoms with Crippen molar-refractivity contribution in [3.05, 3.63) is 28.7 Å². The van der Waals surface area contributed by atoms with E-state index in [0.717, 1.165) is 43.0 Å². The zero-order chi connectivity index (χ0) is 17.9. The van der Waals surface area contributed by atoms with E-state index in [-0.39, 0.29) is 0 Å². The molecule has 6 heteroatoms. The third kappa shape index (κ3) is 4.17. The predicted molar refractivity (Wildman–Crippen MR) is 110 cm³/mol. The molecule has 4 unspecified atom stereocenters. The number of hydrogen-bond acceptors (Lipinski definition) is 3. The number of halogens is 1. The number of hydrogen-bond donors (Lipinski definition) is 2. The van der Waals surface area contributed by atoms with E-state index in [0.29, 0.717) is 24.2 Å². The molecule has 3 aliphatic rings. The van der Waals surface area contributed by atoms with E-state index in [9.17, 15) is 0 Å². The first-order valence-corrected chi connectivity index (χ1v) is 10.7. The minimum absolute atomic E-state index is 0.377. The summed E-state index contributed by atoms with van der Waals surface area (Å²) >= 11 is 3.57. The van der Waals surface area contributed by atoms with Gasteiger partial charge in [0, 0.05) is 36.3 Å². The molecular formula is C20H29BrN4O. The van der Waals surface area contributed by atoms with E-state index >= 15 is 0 Å². The SMILES string of the molecule is CCNC(=NCC1CCN(c2cccc(Br)c2)C1)NC1CC2CCC1O2. The number of nitrogens with zero attached hydrogens (tertiary/aromatic N) is 2. The smallest absolute Gasteiger partial charge is 0.191 e. The maximum absolute atomic E-state index is 5.96. The van der Waals surface area contributed by atoms with E-state index in [2.05, 4.69) is 62.7 Å². The van der Waals surface area contributed by atoms with Gasteiger partial charge in [-0.25, -0.2) is 0 Å². The second-order valence-corrected chi connectivity index (χ2v) is 8.58. The van der Waals surface area contributed by atoms with Crippen molar-refractivity contribution in [2.45, 2.75) is 50.9 Å². The first-order valence-electron chi connectivity index (χ1n) is 9.92. The van der Waals surface area contributed by atoms with Gasteiger partial charge in [0.1, 0.15) is 0 Å². The topological polar surface area (TPSA) is 48.9 Å². The zero-order valence-corrected chi connectivity index (χ0v) is 17.0. The van der Waals surface area contributed by atoms with Crippen molar-refractivity contribution in [3.63, 3.8) is 0 Å². The average molecular weight is 421 g/mol. The van der Waals surface area contributed by atoms with Gasteiger partial charge in [-0.15, -0.1) is 0 Å². The van der Waals surface area contributed by atoms with Crippen LogP contribution in [0.25, 0.3) is 0 Å². The van der Waals surface area contributed by atoms with Crippen molar-refractivity contribution in [3.8, 4) is 0 Å². The zero-order valence-electron chi connectivity index (χ0n) is 15.5. The summed E-state index contributed by atoms with van der Waals surface area (Å²) in [4.78, 5) is 7.36.